The van der Waals surface area contributed by atoms with Crippen LogP contribution in [-0.2, 0) is 19.1 Å². The van der Waals surface area contributed by atoms with Crippen molar-refractivity contribution in [2.24, 2.45) is 11.5 Å². The molecule has 5 N–H and O–H groups in total. The Balaban J connectivity index is 2.34. The predicted octanol–water partition coefficient (Wildman–Crippen LogP) is 2.95. The maximum absolute atomic E-state index is 13.0. The Morgan fingerprint density at radius 3 is 2.05 bits per heavy atom. The monoisotopic (exact) mass is 525 g/mol. The van der Waals surface area contributed by atoms with Crippen LogP contribution >= 0.6 is 0 Å². The van der Waals surface area contributed by atoms with E-state index in [4.69, 9.17) is 16.2 Å². The summed E-state index contributed by atoms with van der Waals surface area (Å²) in [6.07, 6.45) is 17.4. The van der Waals surface area contributed by atoms with E-state index in [0.29, 0.717) is 26.2 Å². The first kappa shape index (κ1) is 33.3. The van der Waals surface area contributed by atoms with Crippen LogP contribution in [0.2, 0.25) is 0 Å². The molecule has 0 saturated carbocycles. The molecule has 0 aromatic heterocycles. The van der Waals surface area contributed by atoms with Crippen molar-refractivity contribution < 1.29 is 19.1 Å². The smallest absolute Gasteiger partial charge is 0.242 e. The topological polar surface area (TPSA) is 131 Å². The molecule has 0 spiro atoms. The van der Waals surface area contributed by atoms with Crippen LogP contribution in [0.15, 0.2) is 0 Å². The molecule has 216 valence electrons. The van der Waals surface area contributed by atoms with Crippen molar-refractivity contribution in [3.63, 3.8) is 0 Å². The molecule has 0 aliphatic carbocycles. The number of rotatable bonds is 24. The number of nitrogens with one attached hydrogen (secondary N) is 1. The predicted molar refractivity (Wildman–Crippen MR) is 149 cm³/mol. The van der Waals surface area contributed by atoms with Gasteiger partial charge in [-0.2, -0.15) is 0 Å². The van der Waals surface area contributed by atoms with E-state index in [1.165, 1.54) is 69.1 Å². The fraction of sp³-hybridized carbons (Fsp3) is 0.893. The lowest BCUT2D eigenvalue weighted by Gasteiger charge is -2.28. The molecule has 9 nitrogen and oxygen atoms in total. The van der Waals surface area contributed by atoms with Gasteiger partial charge in [0.2, 0.25) is 17.7 Å². The van der Waals surface area contributed by atoms with Crippen molar-refractivity contribution in [3.05, 3.63) is 0 Å². The van der Waals surface area contributed by atoms with Crippen molar-refractivity contribution in [3.8, 4) is 0 Å². The molecule has 1 rings (SSSR count). The number of carbonyl (C=O) groups excluding carboxylic acids is 3. The zero-order valence-electron chi connectivity index (χ0n) is 23.5. The second kappa shape index (κ2) is 22.3. The Kier molecular flexibility index (Phi) is 20.1. The number of ether oxygens (including phenoxy) is 1. The number of nitrogens with two attached hydrogens (primary N) is 2. The fourth-order valence-corrected chi connectivity index (χ4v) is 4.70. The highest BCUT2D eigenvalue weighted by atomic mass is 16.5. The van der Waals surface area contributed by atoms with Crippen LogP contribution in [0.1, 0.15) is 103 Å². The van der Waals surface area contributed by atoms with Gasteiger partial charge in [0.25, 0.3) is 0 Å². The van der Waals surface area contributed by atoms with Crippen LogP contribution in [0.25, 0.3) is 0 Å². The van der Waals surface area contributed by atoms with Gasteiger partial charge in [0.1, 0.15) is 0 Å². The average molecular weight is 526 g/mol. The number of nitrogens with zero attached hydrogens (tertiary/aromatic N) is 2. The average Bonchev–Trinajstić information content (AvgIpc) is 3.38. The molecule has 1 unspecified atom stereocenters. The van der Waals surface area contributed by atoms with Gasteiger partial charge in [0.15, 0.2) is 0 Å². The third-order valence-electron chi connectivity index (χ3n) is 6.94. The molecular weight excluding hydrogens is 470 g/mol. The quantitative estimate of drug-likeness (QED) is 0.166. The minimum Gasteiger partial charge on any atom is -0.376 e. The molecule has 0 bridgehead atoms. The number of hydrogen-bond acceptors (Lipinski definition) is 6. The molecule has 3 amide bonds. The summed E-state index contributed by atoms with van der Waals surface area (Å²) < 4.78 is 5.63. The SMILES string of the molecule is CCCCCCCCCCCCCNCC(=O)N(CCCCN)CC(=O)N(CC(N)=O)CC1CCCO1. The molecule has 1 fully saturated rings. The van der Waals surface area contributed by atoms with E-state index < -0.39 is 5.91 Å². The number of amides is 3. The van der Waals surface area contributed by atoms with E-state index in [-0.39, 0.29) is 37.6 Å². The molecule has 37 heavy (non-hydrogen) atoms. The summed E-state index contributed by atoms with van der Waals surface area (Å²) in [4.78, 5) is 40.5. The van der Waals surface area contributed by atoms with Gasteiger partial charge in [-0.25, -0.2) is 0 Å². The third kappa shape index (κ3) is 17.4. The molecule has 0 radical (unpaired) electrons. The molecule has 1 aliphatic rings. The fourth-order valence-electron chi connectivity index (χ4n) is 4.70. The normalized spacial score (nSPS) is 15.1. The number of hydrogen-bond donors (Lipinski definition) is 3. The van der Waals surface area contributed by atoms with E-state index in [1.807, 2.05) is 0 Å². The van der Waals surface area contributed by atoms with E-state index in [9.17, 15) is 14.4 Å². The highest BCUT2D eigenvalue weighted by molar-refractivity contribution is 5.88. The summed E-state index contributed by atoms with van der Waals surface area (Å²) >= 11 is 0. The van der Waals surface area contributed by atoms with Crippen molar-refractivity contribution in [1.82, 2.24) is 15.1 Å². The van der Waals surface area contributed by atoms with E-state index in [2.05, 4.69) is 12.2 Å². The van der Waals surface area contributed by atoms with Gasteiger partial charge in [-0.1, -0.05) is 71.1 Å². The number of carbonyl (C=O) groups is 3. The highest BCUT2D eigenvalue weighted by Crippen LogP contribution is 2.14. The first-order valence-corrected chi connectivity index (χ1v) is 14.8. The molecule has 0 aromatic carbocycles. The Morgan fingerprint density at radius 2 is 1.49 bits per heavy atom. The van der Waals surface area contributed by atoms with Gasteiger partial charge in [-0.05, 0) is 45.2 Å². The van der Waals surface area contributed by atoms with Crippen LogP contribution in [0, 0.1) is 0 Å². The Hall–Kier alpha value is -1.71. The lowest BCUT2D eigenvalue weighted by Crippen LogP contribution is -2.49. The number of primary amides is 1. The summed E-state index contributed by atoms with van der Waals surface area (Å²) in [5, 5.41) is 3.25. The number of unbranched alkanes of at least 4 members (excludes halogenated alkanes) is 11. The molecule has 0 aromatic rings. The van der Waals surface area contributed by atoms with Gasteiger partial charge in [0, 0.05) is 19.7 Å². The minimum atomic E-state index is -0.569. The van der Waals surface area contributed by atoms with Gasteiger partial charge in [0.05, 0.1) is 25.7 Å². The molecular formula is C28H55N5O4. The standard InChI is InChI=1S/C28H55N5O4/c1-2-3-4-5-6-7-8-9-10-11-13-18-31-21-27(35)32(19-14-12-17-29)24-28(36)33(23-26(30)34)22-25-16-15-20-37-25/h25,31H,2-24,29H2,1H3,(H2,30,34). The zero-order valence-corrected chi connectivity index (χ0v) is 23.5. The summed E-state index contributed by atoms with van der Waals surface area (Å²) in [6, 6.07) is 0. The second-order valence-corrected chi connectivity index (χ2v) is 10.4. The minimum absolute atomic E-state index is 0.0659. The van der Waals surface area contributed by atoms with Gasteiger partial charge >= 0.3 is 0 Å². The third-order valence-corrected chi connectivity index (χ3v) is 6.94. The summed E-state index contributed by atoms with van der Waals surface area (Å²) in [5.74, 6) is -0.952. The van der Waals surface area contributed by atoms with Crippen molar-refractivity contribution in [1.29, 1.82) is 0 Å². The van der Waals surface area contributed by atoms with Crippen LogP contribution in [-0.4, -0.2) is 86.0 Å². The molecule has 1 atom stereocenters. The largest absolute Gasteiger partial charge is 0.376 e. The zero-order chi connectivity index (χ0) is 27.1. The Bertz CT molecular complexity index is 613. The van der Waals surface area contributed by atoms with Crippen molar-refractivity contribution in [2.45, 2.75) is 109 Å². The summed E-state index contributed by atoms with van der Waals surface area (Å²) in [6.45, 7) is 5.01. The van der Waals surface area contributed by atoms with Gasteiger partial charge in [-0.3, -0.25) is 14.4 Å². The first-order valence-electron chi connectivity index (χ1n) is 14.8. The first-order chi connectivity index (χ1) is 18.0. The van der Waals surface area contributed by atoms with E-state index in [1.54, 1.807) is 4.90 Å². The highest BCUT2D eigenvalue weighted by Gasteiger charge is 2.26. The van der Waals surface area contributed by atoms with Crippen molar-refractivity contribution >= 4 is 17.7 Å². The van der Waals surface area contributed by atoms with Gasteiger partial charge in [-0.15, -0.1) is 0 Å². The second-order valence-electron chi connectivity index (χ2n) is 10.4. The van der Waals surface area contributed by atoms with Crippen LogP contribution in [0.5, 0.6) is 0 Å². The van der Waals surface area contributed by atoms with E-state index >= 15 is 0 Å². The molecule has 1 aliphatic heterocycles. The Morgan fingerprint density at radius 1 is 0.838 bits per heavy atom. The summed E-state index contributed by atoms with van der Waals surface area (Å²) in [5.41, 5.74) is 11.0. The van der Waals surface area contributed by atoms with Crippen molar-refractivity contribution in [2.75, 3.05) is 52.4 Å². The maximum Gasteiger partial charge on any atom is 0.242 e. The summed E-state index contributed by atoms with van der Waals surface area (Å²) in [7, 11) is 0. The van der Waals surface area contributed by atoms with Crippen LogP contribution in [0.4, 0.5) is 0 Å². The molecule has 9 heteroatoms. The lowest BCUT2D eigenvalue weighted by atomic mass is 10.1. The Labute approximate surface area is 225 Å². The molecule has 1 heterocycles. The van der Waals surface area contributed by atoms with Crippen LogP contribution < -0.4 is 16.8 Å². The van der Waals surface area contributed by atoms with Gasteiger partial charge < -0.3 is 31.3 Å². The molecule has 1 saturated heterocycles. The maximum atomic E-state index is 13.0. The van der Waals surface area contributed by atoms with Crippen LogP contribution in [0.3, 0.4) is 0 Å². The lowest BCUT2D eigenvalue weighted by molar-refractivity contribution is -0.142. The van der Waals surface area contributed by atoms with E-state index in [0.717, 1.165) is 38.6 Å².